The zero-order chi connectivity index (χ0) is 22.8. The molecule has 2 fully saturated rings. The van der Waals surface area contributed by atoms with E-state index in [0.29, 0.717) is 36.1 Å². The number of imidazole rings is 1. The highest BCUT2D eigenvalue weighted by molar-refractivity contribution is 5.83. The Labute approximate surface area is 191 Å². The van der Waals surface area contributed by atoms with Crippen molar-refractivity contribution in [2.45, 2.75) is 63.1 Å². The first-order valence-corrected chi connectivity index (χ1v) is 11.4. The molecule has 1 amide bonds. The lowest BCUT2D eigenvalue weighted by Crippen LogP contribution is -2.42. The summed E-state index contributed by atoms with van der Waals surface area (Å²) in [6, 6.07) is 7.73. The molecule has 0 radical (unpaired) electrons. The molecule has 1 saturated heterocycles. The lowest BCUT2D eigenvalue weighted by molar-refractivity contribution is -0.133. The Balaban J connectivity index is 1.29. The zero-order valence-electron chi connectivity index (χ0n) is 18.6. The fourth-order valence-corrected chi connectivity index (χ4v) is 4.56. The number of benzene rings is 1. The Morgan fingerprint density at radius 1 is 1.27 bits per heavy atom. The van der Waals surface area contributed by atoms with Crippen LogP contribution in [0.5, 0.6) is 5.75 Å². The van der Waals surface area contributed by atoms with Crippen LogP contribution >= 0.6 is 0 Å². The number of amides is 1. The number of carbonyl (C=O) groups is 1. The maximum absolute atomic E-state index is 12.0. The number of anilines is 1. The minimum atomic E-state index is -0.699. The van der Waals surface area contributed by atoms with Crippen molar-refractivity contribution < 1.29 is 14.3 Å². The van der Waals surface area contributed by atoms with Gasteiger partial charge in [-0.1, -0.05) is 12.1 Å². The van der Waals surface area contributed by atoms with E-state index in [-0.39, 0.29) is 5.91 Å². The topological polar surface area (TPSA) is 129 Å². The van der Waals surface area contributed by atoms with Gasteiger partial charge >= 0.3 is 0 Å². The summed E-state index contributed by atoms with van der Waals surface area (Å²) in [5.74, 6) is 1.30. The summed E-state index contributed by atoms with van der Waals surface area (Å²) in [5, 5.41) is 5.95. The molecule has 1 aliphatic heterocycles. The second-order valence-electron chi connectivity index (χ2n) is 8.60. The molecule has 0 unspecified atom stereocenters. The molecule has 33 heavy (non-hydrogen) atoms. The molecule has 2 aromatic heterocycles. The maximum atomic E-state index is 12.0. The van der Waals surface area contributed by atoms with E-state index in [4.69, 9.17) is 15.2 Å². The van der Waals surface area contributed by atoms with Gasteiger partial charge in [0.25, 0.3) is 5.91 Å². The number of nitrogens with zero attached hydrogens (tertiary/aromatic N) is 4. The lowest BCUT2D eigenvalue weighted by Gasteiger charge is -2.15. The van der Waals surface area contributed by atoms with Crippen molar-refractivity contribution >= 4 is 22.9 Å². The highest BCUT2D eigenvalue weighted by Gasteiger charge is 2.38. The van der Waals surface area contributed by atoms with Gasteiger partial charge in [0.2, 0.25) is 0 Å². The van der Waals surface area contributed by atoms with Crippen molar-refractivity contribution in [2.75, 3.05) is 12.4 Å². The van der Waals surface area contributed by atoms with Crippen molar-refractivity contribution in [3.8, 4) is 5.75 Å². The Hall–Kier alpha value is -3.24. The first-order valence-electron chi connectivity index (χ1n) is 11.4. The lowest BCUT2D eigenvalue weighted by atomic mass is 10.1. The monoisotopic (exact) mass is 451 g/mol. The molecule has 3 aromatic rings. The van der Waals surface area contributed by atoms with Crippen LogP contribution in [0.1, 0.15) is 43.9 Å². The van der Waals surface area contributed by atoms with Gasteiger partial charge in [-0.2, -0.15) is 0 Å². The van der Waals surface area contributed by atoms with Crippen molar-refractivity contribution in [1.82, 2.24) is 24.8 Å². The number of ether oxygens (including phenoxy) is 2. The van der Waals surface area contributed by atoms with Gasteiger partial charge in [0, 0.05) is 26.1 Å². The number of hydrogen-bond acceptors (Lipinski definition) is 8. The van der Waals surface area contributed by atoms with Crippen LogP contribution < -0.4 is 21.1 Å². The largest absolute Gasteiger partial charge is 0.490 e. The normalized spacial score (nSPS) is 23.2. The second-order valence-corrected chi connectivity index (χ2v) is 8.60. The third kappa shape index (κ3) is 4.49. The molecule has 1 aliphatic carbocycles. The molecule has 174 valence electrons. The van der Waals surface area contributed by atoms with Gasteiger partial charge in [0.15, 0.2) is 23.1 Å². The summed E-state index contributed by atoms with van der Waals surface area (Å²) < 4.78 is 13.8. The number of hydrogen-bond donors (Lipinski definition) is 3. The van der Waals surface area contributed by atoms with Crippen LogP contribution in [-0.2, 0) is 16.1 Å². The second kappa shape index (κ2) is 9.32. The van der Waals surface area contributed by atoms with E-state index in [9.17, 15) is 4.79 Å². The molecule has 0 spiro atoms. The van der Waals surface area contributed by atoms with Crippen LogP contribution in [0.4, 0.5) is 5.82 Å². The van der Waals surface area contributed by atoms with Crippen molar-refractivity contribution in [3.63, 3.8) is 0 Å². The number of nitrogens with two attached hydrogens (primary N) is 1. The van der Waals surface area contributed by atoms with Crippen LogP contribution in [-0.4, -0.2) is 50.7 Å². The molecule has 10 heteroatoms. The summed E-state index contributed by atoms with van der Waals surface area (Å²) in [7, 11) is 1.57. The Morgan fingerprint density at radius 3 is 2.94 bits per heavy atom. The predicted molar refractivity (Wildman–Crippen MR) is 123 cm³/mol. The quantitative estimate of drug-likeness (QED) is 0.498. The Bertz CT molecular complexity index is 1130. The van der Waals surface area contributed by atoms with Gasteiger partial charge in [0.1, 0.15) is 18.3 Å². The number of carbonyl (C=O) groups excluding carboxylic acids is 1. The molecule has 1 saturated carbocycles. The smallest absolute Gasteiger partial charge is 0.250 e. The third-order valence-corrected chi connectivity index (χ3v) is 6.30. The molecular formula is C23H29N7O3. The molecule has 10 nitrogen and oxygen atoms in total. The Morgan fingerprint density at radius 2 is 2.12 bits per heavy atom. The SMILES string of the molecule is CNC(=O)[C@H]1O[C@@H](n2cnc3c(NCc4cccc(OC5CCCC5)c4)ncnc32)C[C@@H]1N. The van der Waals surface area contributed by atoms with Gasteiger partial charge in [-0.25, -0.2) is 15.0 Å². The van der Waals surface area contributed by atoms with Crippen LogP contribution in [0.2, 0.25) is 0 Å². The summed E-state index contributed by atoms with van der Waals surface area (Å²) in [4.78, 5) is 25.3. The standard InChI is InChI=1S/C23H29N7O3/c1-25-23(31)20-17(24)10-18(33-20)30-13-29-19-21(27-12-28-22(19)30)26-11-14-5-4-8-16(9-14)32-15-6-2-3-7-15/h4-5,8-9,12-13,15,17-18,20H,2-3,6-7,10-11,24H2,1H3,(H,25,31)(H,26,27,28)/t17-,18+,20-/m0/s1. The Kier molecular flexibility index (Phi) is 6.10. The summed E-state index contributed by atoms with van der Waals surface area (Å²) >= 11 is 0. The fraction of sp³-hybridized carbons (Fsp3) is 0.478. The van der Waals surface area contributed by atoms with Gasteiger partial charge in [-0.15, -0.1) is 0 Å². The number of likely N-dealkylation sites (N-methyl/N-ethyl adjacent to an activating group) is 1. The van der Waals surface area contributed by atoms with E-state index >= 15 is 0 Å². The van der Waals surface area contributed by atoms with Crippen LogP contribution in [0.3, 0.4) is 0 Å². The van der Waals surface area contributed by atoms with Gasteiger partial charge in [0.05, 0.1) is 12.4 Å². The number of aromatic nitrogens is 4. The maximum Gasteiger partial charge on any atom is 0.250 e. The molecule has 3 heterocycles. The highest BCUT2D eigenvalue weighted by Crippen LogP contribution is 2.31. The van der Waals surface area contributed by atoms with E-state index in [1.54, 1.807) is 17.9 Å². The fourth-order valence-electron chi connectivity index (χ4n) is 4.56. The van der Waals surface area contributed by atoms with Crippen LogP contribution in [0, 0.1) is 0 Å². The first-order chi connectivity index (χ1) is 16.1. The first kappa shape index (κ1) is 21.6. The summed E-state index contributed by atoms with van der Waals surface area (Å²) in [6.07, 6.45) is 7.59. The minimum Gasteiger partial charge on any atom is -0.490 e. The molecule has 3 atom stereocenters. The van der Waals surface area contributed by atoms with E-state index in [2.05, 4.69) is 37.7 Å². The molecule has 4 N–H and O–H groups in total. The van der Waals surface area contributed by atoms with Crippen LogP contribution in [0.25, 0.3) is 11.2 Å². The van der Waals surface area contributed by atoms with Gasteiger partial charge in [-0.05, 0) is 43.4 Å². The molecule has 0 bridgehead atoms. The average Bonchev–Trinajstić information content (AvgIpc) is 3.57. The molecule has 2 aliphatic rings. The zero-order valence-corrected chi connectivity index (χ0v) is 18.6. The minimum absolute atomic E-state index is 0.231. The van der Waals surface area contributed by atoms with Gasteiger partial charge < -0.3 is 25.8 Å². The third-order valence-electron chi connectivity index (χ3n) is 6.30. The number of rotatable bonds is 7. The number of nitrogens with one attached hydrogen (secondary N) is 2. The van der Waals surface area contributed by atoms with Crippen LogP contribution in [0.15, 0.2) is 36.9 Å². The number of fused-ring (bicyclic) bond motifs is 1. The average molecular weight is 452 g/mol. The van der Waals surface area contributed by atoms with E-state index in [1.165, 1.54) is 19.2 Å². The molecular weight excluding hydrogens is 422 g/mol. The van der Waals surface area contributed by atoms with Gasteiger partial charge in [-0.3, -0.25) is 9.36 Å². The summed E-state index contributed by atoms with van der Waals surface area (Å²) in [6.45, 7) is 0.574. The predicted octanol–water partition coefficient (Wildman–Crippen LogP) is 2.12. The highest BCUT2D eigenvalue weighted by atomic mass is 16.5. The van der Waals surface area contributed by atoms with Crippen molar-refractivity contribution in [1.29, 1.82) is 0 Å². The molecule has 5 rings (SSSR count). The van der Waals surface area contributed by atoms with Crippen molar-refractivity contribution in [3.05, 3.63) is 42.5 Å². The van der Waals surface area contributed by atoms with Crippen molar-refractivity contribution in [2.24, 2.45) is 5.73 Å². The summed E-state index contributed by atoms with van der Waals surface area (Å²) in [5.41, 5.74) is 8.48. The van der Waals surface area contributed by atoms with E-state index in [1.807, 2.05) is 12.1 Å². The van der Waals surface area contributed by atoms with E-state index < -0.39 is 18.4 Å². The van der Waals surface area contributed by atoms with E-state index in [0.717, 1.165) is 24.2 Å². The molecule has 1 aromatic carbocycles.